The molecule has 122 valence electrons. The first-order chi connectivity index (χ1) is 10.2. The van der Waals surface area contributed by atoms with Crippen molar-refractivity contribution in [2.75, 3.05) is 17.7 Å². The van der Waals surface area contributed by atoms with Crippen LogP contribution in [0.25, 0.3) is 0 Å². The van der Waals surface area contributed by atoms with Crippen LogP contribution in [0.5, 0.6) is 0 Å². The number of hydrogen-bond acceptors (Lipinski definition) is 7. The van der Waals surface area contributed by atoms with Crippen LogP contribution in [0, 0.1) is 0 Å². The fraction of sp³-hybridized carbons (Fsp3) is 0.692. The zero-order chi connectivity index (χ0) is 16.1. The van der Waals surface area contributed by atoms with Crippen LogP contribution < -0.4 is 11.1 Å². The number of fused-ring (bicyclic) bond motifs is 2. The van der Waals surface area contributed by atoms with Crippen molar-refractivity contribution in [3.8, 4) is 0 Å². The molecule has 0 spiro atoms. The Bertz CT molecular complexity index is 601. The maximum absolute atomic E-state index is 9.73. The van der Waals surface area contributed by atoms with Crippen molar-refractivity contribution in [1.82, 2.24) is 9.97 Å². The lowest BCUT2D eigenvalue weighted by atomic mass is 10.0. The summed E-state index contributed by atoms with van der Waals surface area (Å²) in [5.41, 5.74) is 5.49. The third-order valence-electron chi connectivity index (χ3n) is 3.99. The van der Waals surface area contributed by atoms with Crippen LogP contribution >= 0.6 is 23.2 Å². The molecular formula is C13H18Cl2N4O3. The SMILES string of the molecule is CC1(C)OC2C[C@](CO)(C[C@@H]2Nc2nc(Cl)nc(Cl)c2N)O1. The molecule has 1 saturated carbocycles. The van der Waals surface area contributed by atoms with Gasteiger partial charge in [-0.1, -0.05) is 11.6 Å². The minimum absolute atomic E-state index is 0.0111. The van der Waals surface area contributed by atoms with Crippen molar-refractivity contribution in [1.29, 1.82) is 0 Å². The fourth-order valence-electron chi connectivity index (χ4n) is 3.25. The van der Waals surface area contributed by atoms with E-state index in [1.165, 1.54) is 0 Å². The van der Waals surface area contributed by atoms with Gasteiger partial charge in [0.25, 0.3) is 0 Å². The van der Waals surface area contributed by atoms with Gasteiger partial charge in [0.2, 0.25) is 5.28 Å². The molecule has 1 unspecified atom stereocenters. The van der Waals surface area contributed by atoms with Gasteiger partial charge in [-0.3, -0.25) is 0 Å². The van der Waals surface area contributed by atoms with Crippen molar-refractivity contribution >= 4 is 34.7 Å². The lowest BCUT2D eigenvalue weighted by molar-refractivity contribution is -0.318. The quantitative estimate of drug-likeness (QED) is 0.565. The van der Waals surface area contributed by atoms with Gasteiger partial charge in [-0.25, -0.2) is 4.98 Å². The Balaban J connectivity index is 1.86. The third-order valence-corrected chi connectivity index (χ3v) is 4.45. The first-order valence-corrected chi connectivity index (χ1v) is 7.73. The van der Waals surface area contributed by atoms with Crippen LogP contribution in [-0.4, -0.2) is 45.2 Å². The Morgan fingerprint density at radius 3 is 2.77 bits per heavy atom. The summed E-state index contributed by atoms with van der Waals surface area (Å²) in [6, 6.07) is -0.127. The second-order valence-electron chi connectivity index (χ2n) is 6.20. The molecule has 22 heavy (non-hydrogen) atoms. The van der Waals surface area contributed by atoms with Crippen molar-refractivity contribution in [2.45, 2.75) is 50.2 Å². The molecule has 1 aliphatic heterocycles. The van der Waals surface area contributed by atoms with E-state index in [1.54, 1.807) is 0 Å². The van der Waals surface area contributed by atoms with E-state index < -0.39 is 11.4 Å². The first kappa shape index (κ1) is 16.0. The summed E-state index contributed by atoms with van der Waals surface area (Å²) < 4.78 is 11.8. The summed E-state index contributed by atoms with van der Waals surface area (Å²) in [4.78, 5) is 7.86. The first-order valence-electron chi connectivity index (χ1n) is 6.97. The number of nitrogen functional groups attached to an aromatic ring is 1. The lowest BCUT2D eigenvalue weighted by Gasteiger charge is -2.41. The molecule has 3 rings (SSSR count). The Hall–Kier alpha value is -0.860. The Kier molecular flexibility index (Phi) is 3.89. The fourth-order valence-corrected chi connectivity index (χ4v) is 3.63. The zero-order valence-corrected chi connectivity index (χ0v) is 13.8. The molecule has 2 heterocycles. The Labute approximate surface area is 138 Å². The van der Waals surface area contributed by atoms with E-state index in [9.17, 15) is 5.11 Å². The summed E-state index contributed by atoms with van der Waals surface area (Å²) in [6.45, 7) is 3.59. The highest BCUT2D eigenvalue weighted by Gasteiger charge is 2.55. The van der Waals surface area contributed by atoms with Crippen LogP contribution in [0.15, 0.2) is 0 Å². The van der Waals surface area contributed by atoms with Crippen LogP contribution in [0.4, 0.5) is 11.5 Å². The van der Waals surface area contributed by atoms with Crippen molar-refractivity contribution in [3.05, 3.63) is 10.4 Å². The maximum atomic E-state index is 9.73. The van der Waals surface area contributed by atoms with Crippen molar-refractivity contribution in [2.24, 2.45) is 0 Å². The molecule has 1 aromatic rings. The minimum atomic E-state index is -0.755. The lowest BCUT2D eigenvalue weighted by Crippen LogP contribution is -2.49. The molecule has 2 bridgehead atoms. The van der Waals surface area contributed by atoms with E-state index in [0.29, 0.717) is 18.7 Å². The predicted molar refractivity (Wildman–Crippen MR) is 83.0 cm³/mol. The van der Waals surface area contributed by atoms with Crippen LogP contribution in [-0.2, 0) is 9.47 Å². The molecule has 0 aromatic carbocycles. The smallest absolute Gasteiger partial charge is 0.225 e. The van der Waals surface area contributed by atoms with Crippen LogP contribution in [0.2, 0.25) is 10.4 Å². The molecule has 2 aliphatic rings. The molecule has 2 fully saturated rings. The highest BCUT2D eigenvalue weighted by Crippen LogP contribution is 2.45. The summed E-state index contributed by atoms with van der Waals surface area (Å²) in [7, 11) is 0. The number of anilines is 2. The maximum Gasteiger partial charge on any atom is 0.225 e. The molecule has 9 heteroatoms. The van der Waals surface area contributed by atoms with Gasteiger partial charge in [0.05, 0.1) is 24.4 Å². The number of nitrogens with two attached hydrogens (primary N) is 1. The number of aliphatic hydroxyl groups excluding tert-OH is 1. The zero-order valence-electron chi connectivity index (χ0n) is 12.3. The van der Waals surface area contributed by atoms with E-state index in [0.717, 1.165) is 0 Å². The van der Waals surface area contributed by atoms with E-state index in [-0.39, 0.29) is 34.9 Å². The molecule has 0 amide bonds. The van der Waals surface area contributed by atoms with E-state index in [4.69, 9.17) is 38.4 Å². The van der Waals surface area contributed by atoms with Gasteiger partial charge in [-0.05, 0) is 25.4 Å². The molecule has 4 N–H and O–H groups in total. The molecule has 3 atom stereocenters. The van der Waals surface area contributed by atoms with Gasteiger partial charge in [0, 0.05) is 12.8 Å². The standard InChI is InChI=1S/C13H18Cl2N4O3/c1-12(2)21-7-4-13(5-20,22-12)3-6(7)17-10-8(16)9(14)18-11(15)19-10/h6-7,20H,3-5,16H2,1-2H3,(H,17,18,19)/t6-,7?,13-/m0/s1. The second kappa shape index (κ2) is 5.35. The van der Waals surface area contributed by atoms with Crippen LogP contribution in [0.3, 0.4) is 0 Å². The number of aromatic nitrogens is 2. The molecule has 1 saturated heterocycles. The van der Waals surface area contributed by atoms with Crippen molar-refractivity contribution < 1.29 is 14.6 Å². The summed E-state index contributed by atoms with van der Waals surface area (Å²) >= 11 is 11.7. The monoisotopic (exact) mass is 348 g/mol. The Morgan fingerprint density at radius 1 is 1.36 bits per heavy atom. The van der Waals surface area contributed by atoms with Gasteiger partial charge in [0.1, 0.15) is 5.69 Å². The number of halogens is 2. The average molecular weight is 349 g/mol. The van der Waals surface area contributed by atoms with Gasteiger partial charge >= 0.3 is 0 Å². The minimum Gasteiger partial charge on any atom is -0.393 e. The van der Waals surface area contributed by atoms with Gasteiger partial charge in [0.15, 0.2) is 16.8 Å². The number of hydrogen-bond donors (Lipinski definition) is 3. The summed E-state index contributed by atoms with van der Waals surface area (Å²) in [5.74, 6) is -0.397. The highest BCUT2D eigenvalue weighted by molar-refractivity contribution is 6.34. The van der Waals surface area contributed by atoms with E-state index >= 15 is 0 Å². The van der Waals surface area contributed by atoms with Crippen molar-refractivity contribution in [3.63, 3.8) is 0 Å². The van der Waals surface area contributed by atoms with Crippen LogP contribution in [0.1, 0.15) is 26.7 Å². The largest absolute Gasteiger partial charge is 0.393 e. The van der Waals surface area contributed by atoms with Gasteiger partial charge in [-0.2, -0.15) is 4.98 Å². The average Bonchev–Trinajstić information content (AvgIpc) is 2.67. The normalized spacial score (nSPS) is 33.0. The number of rotatable bonds is 3. The number of aliphatic hydroxyl groups is 1. The molecule has 7 nitrogen and oxygen atoms in total. The molecular weight excluding hydrogens is 331 g/mol. The van der Waals surface area contributed by atoms with Gasteiger partial charge in [-0.15, -0.1) is 0 Å². The number of nitrogens with zero attached hydrogens (tertiary/aromatic N) is 2. The van der Waals surface area contributed by atoms with E-state index in [2.05, 4.69) is 15.3 Å². The molecule has 1 aliphatic carbocycles. The van der Waals surface area contributed by atoms with Gasteiger partial charge < -0.3 is 25.6 Å². The predicted octanol–water partition coefficient (Wildman–Crippen LogP) is 1.82. The Morgan fingerprint density at radius 2 is 2.09 bits per heavy atom. The summed E-state index contributed by atoms with van der Waals surface area (Å²) in [6.07, 6.45) is 1.02. The molecule has 0 radical (unpaired) electrons. The third kappa shape index (κ3) is 2.83. The number of nitrogens with one attached hydrogen (secondary N) is 1. The summed E-state index contributed by atoms with van der Waals surface area (Å²) in [5, 5.41) is 13.0. The molecule has 1 aromatic heterocycles. The van der Waals surface area contributed by atoms with E-state index in [1.807, 2.05) is 13.8 Å². The second-order valence-corrected chi connectivity index (χ2v) is 6.90. The topological polar surface area (TPSA) is 103 Å². The number of ether oxygens (including phenoxy) is 2. The highest BCUT2D eigenvalue weighted by atomic mass is 35.5.